The van der Waals surface area contributed by atoms with Gasteiger partial charge < -0.3 is 10.2 Å². The molecule has 2 N–H and O–H groups in total. The third-order valence-electron chi connectivity index (χ3n) is 5.61. The molecule has 0 bridgehead atoms. The average Bonchev–Trinajstić information content (AvgIpc) is 2.34. The van der Waals surface area contributed by atoms with E-state index in [1.165, 1.54) is 0 Å². The molecule has 0 aromatic heterocycles. The highest BCUT2D eigenvalue weighted by Gasteiger charge is 2.61. The summed E-state index contributed by atoms with van der Waals surface area (Å²) in [4.78, 5) is 0. The smallest absolute Gasteiger partial charge is 0.0676 e. The van der Waals surface area contributed by atoms with E-state index < -0.39 is 5.60 Å². The molecule has 0 aromatic rings. The molecule has 2 nitrogen and oxygen atoms in total. The third-order valence-corrected chi connectivity index (χ3v) is 5.61. The Morgan fingerprint density at radius 2 is 1.60 bits per heavy atom. The molecule has 88 valence electrons. The molecule has 4 atom stereocenters. The summed E-state index contributed by atoms with van der Waals surface area (Å²) in [6.07, 6.45) is 3.51. The fraction of sp³-hybridized carbons (Fsp3) is 1.00. The van der Waals surface area contributed by atoms with Crippen LogP contribution in [0.1, 0.15) is 53.4 Å². The summed E-state index contributed by atoms with van der Waals surface area (Å²) in [5.41, 5.74) is -0.599. The van der Waals surface area contributed by atoms with E-state index in [0.29, 0.717) is 5.92 Å². The van der Waals surface area contributed by atoms with Gasteiger partial charge in [-0.25, -0.2) is 0 Å². The zero-order valence-corrected chi connectivity index (χ0v) is 10.4. The summed E-state index contributed by atoms with van der Waals surface area (Å²) in [5.74, 6) is 0.448. The highest BCUT2D eigenvalue weighted by molar-refractivity contribution is 5.11. The molecule has 15 heavy (non-hydrogen) atoms. The van der Waals surface area contributed by atoms with Crippen LogP contribution >= 0.6 is 0 Å². The van der Waals surface area contributed by atoms with Gasteiger partial charge in [-0.05, 0) is 49.4 Å². The number of aliphatic hydroxyl groups is 2. The van der Waals surface area contributed by atoms with Gasteiger partial charge in [0, 0.05) is 0 Å². The second-order valence-electron chi connectivity index (χ2n) is 6.66. The van der Waals surface area contributed by atoms with Gasteiger partial charge in [-0.1, -0.05) is 20.8 Å². The Kier molecular flexibility index (Phi) is 2.27. The van der Waals surface area contributed by atoms with Gasteiger partial charge in [-0.15, -0.1) is 0 Å². The normalized spacial score (nSPS) is 54.0. The van der Waals surface area contributed by atoms with Crippen LogP contribution < -0.4 is 0 Å². The summed E-state index contributed by atoms with van der Waals surface area (Å²) < 4.78 is 0. The summed E-state index contributed by atoms with van der Waals surface area (Å²) in [6.45, 7) is 8.49. The zero-order valence-electron chi connectivity index (χ0n) is 10.4. The minimum atomic E-state index is -0.547. The largest absolute Gasteiger partial charge is 0.393 e. The first-order chi connectivity index (χ1) is 6.72. The zero-order chi connectivity index (χ0) is 11.5. The molecule has 0 aliphatic heterocycles. The van der Waals surface area contributed by atoms with Crippen LogP contribution in [0.2, 0.25) is 0 Å². The van der Waals surface area contributed by atoms with Crippen LogP contribution in [0.3, 0.4) is 0 Å². The molecule has 0 aromatic carbocycles. The second-order valence-corrected chi connectivity index (χ2v) is 6.66. The summed E-state index contributed by atoms with van der Waals surface area (Å²) in [7, 11) is 0. The highest BCUT2D eigenvalue weighted by Crippen LogP contribution is 2.62. The average molecular weight is 212 g/mol. The number of hydrogen-bond donors (Lipinski definition) is 2. The molecule has 2 rings (SSSR count). The van der Waals surface area contributed by atoms with Crippen LogP contribution in [0.4, 0.5) is 0 Å². The number of aliphatic hydroxyl groups excluding tert-OH is 1. The summed E-state index contributed by atoms with van der Waals surface area (Å²) in [6, 6.07) is 0. The fourth-order valence-electron chi connectivity index (χ4n) is 4.08. The molecule has 2 fully saturated rings. The van der Waals surface area contributed by atoms with E-state index in [4.69, 9.17) is 0 Å². The third kappa shape index (κ3) is 1.31. The first-order valence-electron chi connectivity index (χ1n) is 6.12. The minimum Gasteiger partial charge on any atom is -0.393 e. The van der Waals surface area contributed by atoms with Crippen molar-refractivity contribution in [2.24, 2.45) is 16.7 Å². The van der Waals surface area contributed by atoms with E-state index in [0.717, 1.165) is 25.7 Å². The molecule has 2 aliphatic carbocycles. The van der Waals surface area contributed by atoms with Crippen LogP contribution in [0.15, 0.2) is 0 Å². The van der Waals surface area contributed by atoms with E-state index in [1.54, 1.807) is 0 Å². The molecule has 0 heterocycles. The quantitative estimate of drug-likeness (QED) is 0.647. The van der Waals surface area contributed by atoms with E-state index >= 15 is 0 Å². The molecule has 2 heteroatoms. The lowest BCUT2D eigenvalue weighted by atomic mass is 9.54. The standard InChI is InChI=1S/C13H24O2/c1-11(2)9-5-8-13(4,15)12(9,3)7-6-10(11)14/h9-10,14-15H,5-8H2,1-4H3/t9-,10-,12?,13?/m0/s1. The molecule has 0 radical (unpaired) electrons. The highest BCUT2D eigenvalue weighted by atomic mass is 16.3. The van der Waals surface area contributed by atoms with Gasteiger partial charge in [0.1, 0.15) is 0 Å². The Hall–Kier alpha value is -0.0800. The van der Waals surface area contributed by atoms with Crippen molar-refractivity contribution in [3.8, 4) is 0 Å². The van der Waals surface area contributed by atoms with Crippen molar-refractivity contribution >= 4 is 0 Å². The van der Waals surface area contributed by atoms with Crippen molar-refractivity contribution in [1.82, 2.24) is 0 Å². The van der Waals surface area contributed by atoms with Crippen molar-refractivity contribution in [3.63, 3.8) is 0 Å². The molecule has 2 aliphatic rings. The predicted molar refractivity (Wildman–Crippen MR) is 60.5 cm³/mol. The topological polar surface area (TPSA) is 40.5 Å². The molecule has 2 saturated carbocycles. The lowest BCUT2D eigenvalue weighted by Gasteiger charge is -2.53. The number of hydrogen-bond acceptors (Lipinski definition) is 2. The maximum absolute atomic E-state index is 10.5. The monoisotopic (exact) mass is 212 g/mol. The summed E-state index contributed by atoms with van der Waals surface area (Å²) >= 11 is 0. The lowest BCUT2D eigenvalue weighted by molar-refractivity contribution is -0.141. The Morgan fingerprint density at radius 3 is 2.20 bits per heavy atom. The minimum absolute atomic E-state index is 0.00424. The first-order valence-corrected chi connectivity index (χ1v) is 6.12. The maximum Gasteiger partial charge on any atom is 0.0676 e. The van der Waals surface area contributed by atoms with Gasteiger partial charge in [0.2, 0.25) is 0 Å². The van der Waals surface area contributed by atoms with Crippen LogP contribution in [-0.2, 0) is 0 Å². The van der Waals surface area contributed by atoms with Crippen molar-refractivity contribution in [2.45, 2.75) is 65.1 Å². The second kappa shape index (κ2) is 2.98. The van der Waals surface area contributed by atoms with Crippen molar-refractivity contribution in [3.05, 3.63) is 0 Å². The van der Waals surface area contributed by atoms with Gasteiger partial charge in [-0.2, -0.15) is 0 Å². The van der Waals surface area contributed by atoms with Gasteiger partial charge in [0.15, 0.2) is 0 Å². The van der Waals surface area contributed by atoms with E-state index in [2.05, 4.69) is 20.8 Å². The first kappa shape index (κ1) is 11.4. The Labute approximate surface area is 92.7 Å². The number of rotatable bonds is 0. The van der Waals surface area contributed by atoms with Gasteiger partial charge in [0.05, 0.1) is 11.7 Å². The van der Waals surface area contributed by atoms with Gasteiger partial charge in [0.25, 0.3) is 0 Å². The van der Waals surface area contributed by atoms with Crippen LogP contribution in [0.25, 0.3) is 0 Å². The molecule has 2 unspecified atom stereocenters. The molecule has 0 spiro atoms. The van der Waals surface area contributed by atoms with Crippen LogP contribution in [0, 0.1) is 16.7 Å². The SMILES string of the molecule is CC1(C)[C@@H](O)CCC2(C)[C@H]1CCC2(C)O. The molecular weight excluding hydrogens is 188 g/mol. The van der Waals surface area contributed by atoms with Crippen LogP contribution in [0.5, 0.6) is 0 Å². The predicted octanol–water partition coefficient (Wildman–Crippen LogP) is 2.33. The Balaban J connectivity index is 2.38. The Morgan fingerprint density at radius 1 is 1.00 bits per heavy atom. The molecule has 0 saturated heterocycles. The van der Waals surface area contributed by atoms with Gasteiger partial charge in [-0.3, -0.25) is 0 Å². The van der Waals surface area contributed by atoms with Crippen molar-refractivity contribution < 1.29 is 10.2 Å². The lowest BCUT2D eigenvalue weighted by Crippen LogP contribution is -2.53. The van der Waals surface area contributed by atoms with Crippen molar-refractivity contribution in [2.75, 3.05) is 0 Å². The summed E-state index contributed by atoms with van der Waals surface area (Å²) in [5, 5.41) is 20.6. The Bertz CT molecular complexity index is 270. The molecule has 0 amide bonds. The maximum atomic E-state index is 10.5. The van der Waals surface area contributed by atoms with Crippen LogP contribution in [-0.4, -0.2) is 21.9 Å². The van der Waals surface area contributed by atoms with Gasteiger partial charge >= 0.3 is 0 Å². The van der Waals surface area contributed by atoms with E-state index in [-0.39, 0.29) is 16.9 Å². The molecular formula is C13H24O2. The fourth-order valence-corrected chi connectivity index (χ4v) is 4.08. The van der Waals surface area contributed by atoms with Crippen molar-refractivity contribution in [1.29, 1.82) is 0 Å². The van der Waals surface area contributed by atoms with E-state index in [9.17, 15) is 10.2 Å². The number of fused-ring (bicyclic) bond motifs is 1. The van der Waals surface area contributed by atoms with E-state index in [1.807, 2.05) is 6.92 Å².